The van der Waals surface area contributed by atoms with E-state index in [0.29, 0.717) is 6.54 Å². The fourth-order valence-corrected chi connectivity index (χ4v) is 2.98. The molecule has 1 aromatic rings. The van der Waals surface area contributed by atoms with Gasteiger partial charge in [-0.25, -0.2) is 0 Å². The Labute approximate surface area is 126 Å². The van der Waals surface area contributed by atoms with E-state index >= 15 is 0 Å². The second-order valence-corrected chi connectivity index (χ2v) is 5.99. The average Bonchev–Trinajstić information content (AvgIpc) is 2.81. The summed E-state index contributed by atoms with van der Waals surface area (Å²) in [6.45, 7) is 3.87. The van der Waals surface area contributed by atoms with Gasteiger partial charge in [-0.15, -0.1) is 0 Å². The van der Waals surface area contributed by atoms with Gasteiger partial charge in [-0.3, -0.25) is 9.79 Å². The van der Waals surface area contributed by atoms with E-state index < -0.39 is 0 Å². The molecule has 0 aliphatic carbocycles. The lowest BCUT2D eigenvalue weighted by Crippen LogP contribution is -2.37. The first-order chi connectivity index (χ1) is 9.63. The van der Waals surface area contributed by atoms with Gasteiger partial charge in [0.2, 0.25) is 5.91 Å². The second-order valence-electron chi connectivity index (χ2n) is 5.07. The number of nitrogens with zero attached hydrogens (tertiary/aromatic N) is 2. The highest BCUT2D eigenvalue weighted by Gasteiger charge is 2.27. The quantitative estimate of drug-likeness (QED) is 0.858. The minimum Gasteiger partial charge on any atom is -0.340 e. The predicted molar refractivity (Wildman–Crippen MR) is 84.0 cm³/mol. The van der Waals surface area contributed by atoms with Crippen LogP contribution in [0.1, 0.15) is 13.3 Å². The SMILES string of the molecule is CC(=O)N1CCC2=C(C1)C(Nc1cccc(Br)c1)=NC2. The number of amides is 1. The molecule has 0 fully saturated rings. The van der Waals surface area contributed by atoms with Crippen molar-refractivity contribution in [1.82, 2.24) is 4.90 Å². The third kappa shape index (κ3) is 2.63. The van der Waals surface area contributed by atoms with Gasteiger partial charge in [-0.1, -0.05) is 22.0 Å². The molecule has 3 rings (SSSR count). The van der Waals surface area contributed by atoms with Gasteiger partial charge in [0.1, 0.15) is 5.84 Å². The van der Waals surface area contributed by atoms with Gasteiger partial charge in [0.15, 0.2) is 0 Å². The van der Waals surface area contributed by atoms with Crippen molar-refractivity contribution >= 4 is 33.4 Å². The molecule has 1 aromatic carbocycles. The highest BCUT2D eigenvalue weighted by molar-refractivity contribution is 9.10. The Bertz CT molecular complexity index is 621. The fourth-order valence-electron chi connectivity index (χ4n) is 2.58. The normalized spacial score (nSPS) is 17.9. The maximum absolute atomic E-state index is 11.5. The number of benzene rings is 1. The Balaban J connectivity index is 1.78. The highest BCUT2D eigenvalue weighted by atomic mass is 79.9. The van der Waals surface area contributed by atoms with E-state index in [0.717, 1.165) is 35.5 Å². The summed E-state index contributed by atoms with van der Waals surface area (Å²) in [5.74, 6) is 1.04. The Morgan fingerprint density at radius 1 is 1.45 bits per heavy atom. The number of hydrogen-bond acceptors (Lipinski definition) is 3. The largest absolute Gasteiger partial charge is 0.340 e. The van der Waals surface area contributed by atoms with E-state index in [-0.39, 0.29) is 5.91 Å². The van der Waals surface area contributed by atoms with Crippen molar-refractivity contribution in [2.75, 3.05) is 25.0 Å². The molecule has 1 amide bonds. The third-order valence-corrected chi connectivity index (χ3v) is 4.20. The van der Waals surface area contributed by atoms with E-state index in [1.54, 1.807) is 6.92 Å². The molecule has 0 spiro atoms. The summed E-state index contributed by atoms with van der Waals surface area (Å²) in [5, 5.41) is 3.36. The van der Waals surface area contributed by atoms with Crippen LogP contribution in [0, 0.1) is 0 Å². The lowest BCUT2D eigenvalue weighted by molar-refractivity contribution is -0.128. The maximum Gasteiger partial charge on any atom is 0.219 e. The van der Waals surface area contributed by atoms with Crippen molar-refractivity contribution in [1.29, 1.82) is 0 Å². The minimum atomic E-state index is 0.130. The zero-order valence-electron chi connectivity index (χ0n) is 11.3. The zero-order chi connectivity index (χ0) is 14.1. The number of aliphatic imine (C=N–C) groups is 1. The molecule has 2 aliphatic rings. The van der Waals surface area contributed by atoms with Crippen molar-refractivity contribution in [2.24, 2.45) is 4.99 Å². The first-order valence-corrected chi connectivity index (χ1v) is 7.46. The van der Waals surface area contributed by atoms with E-state index in [2.05, 4.69) is 26.2 Å². The second kappa shape index (κ2) is 5.40. The monoisotopic (exact) mass is 333 g/mol. The molecule has 2 heterocycles. The summed E-state index contributed by atoms with van der Waals surface area (Å²) in [7, 11) is 0. The van der Waals surface area contributed by atoms with Crippen LogP contribution in [0.5, 0.6) is 0 Å². The lowest BCUT2D eigenvalue weighted by Gasteiger charge is -2.27. The number of carbonyl (C=O) groups excluding carboxylic acids is 1. The van der Waals surface area contributed by atoms with Crippen molar-refractivity contribution < 1.29 is 4.79 Å². The summed E-state index contributed by atoms with van der Waals surface area (Å²) < 4.78 is 1.03. The summed E-state index contributed by atoms with van der Waals surface area (Å²) >= 11 is 3.46. The third-order valence-electron chi connectivity index (χ3n) is 3.71. The number of carbonyl (C=O) groups is 1. The maximum atomic E-state index is 11.5. The van der Waals surface area contributed by atoms with Crippen LogP contribution in [-0.4, -0.2) is 36.3 Å². The smallest absolute Gasteiger partial charge is 0.219 e. The summed E-state index contributed by atoms with van der Waals surface area (Å²) in [4.78, 5) is 18.0. The van der Waals surface area contributed by atoms with Crippen molar-refractivity contribution in [3.8, 4) is 0 Å². The fraction of sp³-hybridized carbons (Fsp3) is 0.333. The van der Waals surface area contributed by atoms with Crippen LogP contribution in [0.15, 0.2) is 44.9 Å². The van der Waals surface area contributed by atoms with Gasteiger partial charge in [0.25, 0.3) is 0 Å². The van der Waals surface area contributed by atoms with Gasteiger partial charge < -0.3 is 10.2 Å². The van der Waals surface area contributed by atoms with Gasteiger partial charge in [0, 0.05) is 35.7 Å². The van der Waals surface area contributed by atoms with E-state index in [4.69, 9.17) is 0 Å². The van der Waals surface area contributed by atoms with E-state index in [1.807, 2.05) is 29.2 Å². The molecule has 0 saturated heterocycles. The van der Waals surface area contributed by atoms with E-state index in [1.165, 1.54) is 11.1 Å². The molecule has 1 N–H and O–H groups in total. The lowest BCUT2D eigenvalue weighted by atomic mass is 10.0. The summed E-state index contributed by atoms with van der Waals surface area (Å²) in [5.41, 5.74) is 3.55. The first-order valence-electron chi connectivity index (χ1n) is 6.67. The van der Waals surface area contributed by atoms with Crippen LogP contribution in [0.3, 0.4) is 0 Å². The number of amidine groups is 1. The molecule has 2 aliphatic heterocycles. The Morgan fingerprint density at radius 2 is 2.30 bits per heavy atom. The highest BCUT2D eigenvalue weighted by Crippen LogP contribution is 2.26. The number of anilines is 1. The van der Waals surface area contributed by atoms with Crippen LogP contribution in [-0.2, 0) is 4.79 Å². The van der Waals surface area contributed by atoms with Gasteiger partial charge in [0.05, 0.1) is 6.54 Å². The van der Waals surface area contributed by atoms with Gasteiger partial charge in [-0.2, -0.15) is 0 Å². The molecular formula is C15H16BrN3O. The molecule has 104 valence electrons. The Kier molecular flexibility index (Phi) is 3.61. The first kappa shape index (κ1) is 13.4. The Morgan fingerprint density at radius 3 is 3.05 bits per heavy atom. The Hall–Kier alpha value is -1.62. The van der Waals surface area contributed by atoms with Gasteiger partial charge >= 0.3 is 0 Å². The molecule has 4 nitrogen and oxygen atoms in total. The van der Waals surface area contributed by atoms with Crippen molar-refractivity contribution in [2.45, 2.75) is 13.3 Å². The molecule has 0 atom stereocenters. The standard InChI is InChI=1S/C15H16BrN3O/c1-10(20)19-6-5-11-8-17-15(14(11)9-19)18-13-4-2-3-12(16)7-13/h2-4,7H,5-6,8-9H2,1H3,(H,17,18). The van der Waals surface area contributed by atoms with Crippen LogP contribution < -0.4 is 5.32 Å². The molecular weight excluding hydrogens is 318 g/mol. The molecule has 0 aromatic heterocycles. The molecule has 5 heteroatoms. The summed E-state index contributed by atoms with van der Waals surface area (Å²) in [6, 6.07) is 8.01. The number of halogens is 1. The topological polar surface area (TPSA) is 44.7 Å². The molecule has 0 radical (unpaired) electrons. The van der Waals surface area contributed by atoms with Crippen LogP contribution in [0.2, 0.25) is 0 Å². The minimum absolute atomic E-state index is 0.130. The number of hydrogen-bond donors (Lipinski definition) is 1. The number of rotatable bonds is 1. The van der Waals surface area contributed by atoms with Crippen molar-refractivity contribution in [3.63, 3.8) is 0 Å². The van der Waals surface area contributed by atoms with Crippen LogP contribution in [0.25, 0.3) is 0 Å². The average molecular weight is 334 g/mol. The van der Waals surface area contributed by atoms with Crippen LogP contribution >= 0.6 is 15.9 Å². The predicted octanol–water partition coefficient (Wildman–Crippen LogP) is 2.82. The number of nitrogens with one attached hydrogen (secondary N) is 1. The van der Waals surface area contributed by atoms with Crippen molar-refractivity contribution in [3.05, 3.63) is 39.9 Å². The molecule has 20 heavy (non-hydrogen) atoms. The van der Waals surface area contributed by atoms with E-state index in [9.17, 15) is 4.79 Å². The molecule has 0 bridgehead atoms. The van der Waals surface area contributed by atoms with Gasteiger partial charge in [-0.05, 0) is 30.2 Å². The summed E-state index contributed by atoms with van der Waals surface area (Å²) in [6.07, 6.45) is 0.933. The molecule has 0 saturated carbocycles. The van der Waals surface area contributed by atoms with Crippen LogP contribution in [0.4, 0.5) is 5.69 Å². The molecule has 0 unspecified atom stereocenters. The zero-order valence-corrected chi connectivity index (χ0v) is 12.9.